The van der Waals surface area contributed by atoms with Gasteiger partial charge in [-0.2, -0.15) is 0 Å². The molecule has 0 aromatic heterocycles. The van der Waals surface area contributed by atoms with E-state index in [0.717, 1.165) is 19.3 Å². The van der Waals surface area contributed by atoms with Crippen molar-refractivity contribution in [1.29, 1.82) is 0 Å². The topological polar surface area (TPSA) is 43.1 Å². The molecule has 1 aliphatic rings. The zero-order valence-corrected chi connectivity index (χ0v) is 12.1. The van der Waals surface area contributed by atoms with Gasteiger partial charge >= 0.3 is 0 Å². The van der Waals surface area contributed by atoms with E-state index >= 15 is 0 Å². The molecule has 1 aliphatic carbocycles. The van der Waals surface area contributed by atoms with Crippen molar-refractivity contribution in [3.05, 3.63) is 64.0 Å². The van der Waals surface area contributed by atoms with Gasteiger partial charge in [-0.1, -0.05) is 12.1 Å². The fourth-order valence-corrected chi connectivity index (χ4v) is 2.87. The molecule has 0 atom stereocenters. The second-order valence-electron chi connectivity index (χ2n) is 5.69. The minimum absolute atomic E-state index is 0.172. The van der Waals surface area contributed by atoms with Crippen LogP contribution < -0.4 is 5.73 Å². The summed E-state index contributed by atoms with van der Waals surface area (Å²) in [6.45, 7) is 1.61. The van der Waals surface area contributed by atoms with Gasteiger partial charge in [0.25, 0.3) is 0 Å². The van der Waals surface area contributed by atoms with Crippen LogP contribution in [0, 0.1) is 12.7 Å². The third-order valence-electron chi connectivity index (χ3n) is 4.26. The van der Waals surface area contributed by atoms with Gasteiger partial charge in [-0.15, -0.1) is 0 Å². The fraction of sp³-hybridized carbons (Fsp3) is 0.278. The number of benzene rings is 2. The molecule has 0 spiro atoms. The Balaban J connectivity index is 1.99. The number of nitrogens with two attached hydrogens (primary N) is 1. The molecule has 3 heteroatoms. The molecule has 2 aromatic rings. The lowest BCUT2D eigenvalue weighted by Crippen LogP contribution is -2.08. The number of anilines is 1. The summed E-state index contributed by atoms with van der Waals surface area (Å²) in [6, 6.07) is 8.63. The van der Waals surface area contributed by atoms with Gasteiger partial charge in [0.1, 0.15) is 5.82 Å². The molecule has 0 aliphatic heterocycles. The summed E-state index contributed by atoms with van der Waals surface area (Å²) in [5, 5.41) is 0. The van der Waals surface area contributed by atoms with E-state index < -0.39 is 5.82 Å². The lowest BCUT2D eigenvalue weighted by molar-refractivity contribution is 0.103. The van der Waals surface area contributed by atoms with Crippen LogP contribution in [0.5, 0.6) is 0 Å². The molecule has 0 unspecified atom stereocenters. The van der Waals surface area contributed by atoms with E-state index in [1.165, 1.54) is 23.6 Å². The molecule has 3 rings (SSSR count). The molecule has 0 saturated carbocycles. The first-order chi connectivity index (χ1) is 10.1. The highest BCUT2D eigenvalue weighted by atomic mass is 19.1. The van der Waals surface area contributed by atoms with Crippen LogP contribution in [-0.4, -0.2) is 5.78 Å². The van der Waals surface area contributed by atoms with Gasteiger partial charge < -0.3 is 5.73 Å². The van der Waals surface area contributed by atoms with Crippen molar-refractivity contribution in [3.63, 3.8) is 0 Å². The van der Waals surface area contributed by atoms with Crippen molar-refractivity contribution in [1.82, 2.24) is 0 Å². The summed E-state index contributed by atoms with van der Waals surface area (Å²) in [7, 11) is 0. The summed E-state index contributed by atoms with van der Waals surface area (Å²) in [6.07, 6.45) is 4.47. The molecule has 0 amide bonds. The average molecular weight is 283 g/mol. The third kappa shape index (κ3) is 2.56. The molecular weight excluding hydrogens is 265 g/mol. The largest absolute Gasteiger partial charge is 0.398 e. The van der Waals surface area contributed by atoms with Gasteiger partial charge in [-0.3, -0.25) is 4.79 Å². The van der Waals surface area contributed by atoms with E-state index in [9.17, 15) is 9.18 Å². The van der Waals surface area contributed by atoms with Crippen LogP contribution >= 0.6 is 0 Å². The monoisotopic (exact) mass is 283 g/mol. The first-order valence-corrected chi connectivity index (χ1v) is 7.28. The zero-order chi connectivity index (χ0) is 15.0. The molecule has 2 nitrogen and oxygen atoms in total. The maximum absolute atomic E-state index is 13.8. The van der Waals surface area contributed by atoms with Gasteiger partial charge in [0.15, 0.2) is 5.78 Å². The van der Waals surface area contributed by atoms with E-state index in [1.807, 2.05) is 18.2 Å². The first-order valence-electron chi connectivity index (χ1n) is 7.28. The van der Waals surface area contributed by atoms with E-state index in [0.29, 0.717) is 22.4 Å². The molecule has 0 fully saturated rings. The number of fused-ring (bicyclic) bond motifs is 1. The SMILES string of the molecule is Cc1c(N)cc(C(=O)c2ccc3c(c2)CCCC3)cc1F. The van der Waals surface area contributed by atoms with Gasteiger partial charge in [-0.05, 0) is 61.9 Å². The van der Waals surface area contributed by atoms with E-state index in [1.54, 1.807) is 13.0 Å². The van der Waals surface area contributed by atoms with E-state index in [-0.39, 0.29) is 5.78 Å². The van der Waals surface area contributed by atoms with E-state index in [4.69, 9.17) is 5.73 Å². The van der Waals surface area contributed by atoms with Gasteiger partial charge in [-0.25, -0.2) is 4.39 Å². The quantitative estimate of drug-likeness (QED) is 0.672. The summed E-state index contributed by atoms with van der Waals surface area (Å²) in [4.78, 5) is 12.5. The second kappa shape index (κ2) is 5.32. The highest BCUT2D eigenvalue weighted by Gasteiger charge is 2.16. The summed E-state index contributed by atoms with van der Waals surface area (Å²) in [5.74, 6) is -0.606. The minimum atomic E-state index is -0.434. The zero-order valence-electron chi connectivity index (χ0n) is 12.1. The Kier molecular flexibility index (Phi) is 3.50. The summed E-state index contributed by atoms with van der Waals surface area (Å²) in [5.41, 5.74) is 9.95. The van der Waals surface area contributed by atoms with Crippen LogP contribution in [0.3, 0.4) is 0 Å². The van der Waals surface area contributed by atoms with Crippen LogP contribution in [-0.2, 0) is 12.8 Å². The highest BCUT2D eigenvalue weighted by Crippen LogP contribution is 2.25. The van der Waals surface area contributed by atoms with Crippen LogP contribution in [0.4, 0.5) is 10.1 Å². The number of aryl methyl sites for hydroxylation is 2. The van der Waals surface area contributed by atoms with Gasteiger partial charge in [0.2, 0.25) is 0 Å². The van der Waals surface area contributed by atoms with E-state index in [2.05, 4.69) is 0 Å². The molecule has 2 N–H and O–H groups in total. The standard InChI is InChI=1S/C18H18FNO/c1-11-16(19)9-15(10-17(11)20)18(21)14-7-6-12-4-2-3-5-13(12)8-14/h6-10H,2-5,20H2,1H3. The second-order valence-corrected chi connectivity index (χ2v) is 5.69. The third-order valence-corrected chi connectivity index (χ3v) is 4.26. The highest BCUT2D eigenvalue weighted by molar-refractivity contribution is 6.09. The number of ketones is 1. The van der Waals surface area contributed by atoms with Crippen molar-refractivity contribution in [2.45, 2.75) is 32.6 Å². The van der Waals surface area contributed by atoms with Crippen LogP contribution in [0.25, 0.3) is 0 Å². The number of hydrogen-bond acceptors (Lipinski definition) is 2. The van der Waals surface area contributed by atoms with Crippen LogP contribution in [0.2, 0.25) is 0 Å². The first kappa shape index (κ1) is 13.8. The number of nitrogen functional groups attached to an aromatic ring is 1. The molecular formula is C18H18FNO. The summed E-state index contributed by atoms with van der Waals surface area (Å²) >= 11 is 0. The van der Waals surface area contributed by atoms with Crippen molar-refractivity contribution in [3.8, 4) is 0 Å². The number of carbonyl (C=O) groups is 1. The molecule has 0 saturated heterocycles. The molecule has 21 heavy (non-hydrogen) atoms. The lowest BCUT2D eigenvalue weighted by Gasteiger charge is -2.16. The maximum atomic E-state index is 13.8. The molecule has 108 valence electrons. The Bertz CT molecular complexity index is 698. The maximum Gasteiger partial charge on any atom is 0.193 e. The smallest absolute Gasteiger partial charge is 0.193 e. The normalized spacial score (nSPS) is 13.8. The molecule has 0 heterocycles. The van der Waals surface area contributed by atoms with Gasteiger partial charge in [0.05, 0.1) is 0 Å². The Hall–Kier alpha value is -2.16. The Labute approximate surface area is 123 Å². The number of carbonyl (C=O) groups excluding carboxylic acids is 1. The number of rotatable bonds is 2. The van der Waals surface area contributed by atoms with Crippen LogP contribution in [0.15, 0.2) is 30.3 Å². The molecule has 0 bridgehead atoms. The van der Waals surface area contributed by atoms with Gasteiger partial charge in [0, 0.05) is 22.4 Å². The Morgan fingerprint density at radius 1 is 1.05 bits per heavy atom. The number of hydrogen-bond donors (Lipinski definition) is 1. The molecule has 0 radical (unpaired) electrons. The Morgan fingerprint density at radius 2 is 1.76 bits per heavy atom. The average Bonchev–Trinajstić information content (AvgIpc) is 2.51. The number of halogens is 1. The lowest BCUT2D eigenvalue weighted by atomic mass is 9.89. The van der Waals surface area contributed by atoms with Crippen molar-refractivity contribution in [2.24, 2.45) is 0 Å². The van der Waals surface area contributed by atoms with Crippen LogP contribution in [0.1, 0.15) is 45.5 Å². The Morgan fingerprint density at radius 3 is 2.48 bits per heavy atom. The predicted octanol–water partition coefficient (Wildman–Crippen LogP) is 3.83. The summed E-state index contributed by atoms with van der Waals surface area (Å²) < 4.78 is 13.8. The van der Waals surface area contributed by atoms with Crippen molar-refractivity contribution < 1.29 is 9.18 Å². The van der Waals surface area contributed by atoms with Crippen molar-refractivity contribution in [2.75, 3.05) is 5.73 Å². The molecule has 2 aromatic carbocycles. The minimum Gasteiger partial charge on any atom is -0.398 e. The predicted molar refractivity (Wildman–Crippen MR) is 82.1 cm³/mol. The fourth-order valence-electron chi connectivity index (χ4n) is 2.87. The van der Waals surface area contributed by atoms with Crippen molar-refractivity contribution >= 4 is 11.5 Å².